The average molecular weight is 327 g/mol. The van der Waals surface area contributed by atoms with Crippen LogP contribution in [-0.2, 0) is 10.0 Å². The zero-order valence-corrected chi connectivity index (χ0v) is 13.9. The molecule has 0 fully saturated rings. The molecule has 1 atom stereocenters. The van der Waals surface area contributed by atoms with Crippen molar-refractivity contribution < 1.29 is 13.2 Å². The van der Waals surface area contributed by atoms with Crippen molar-refractivity contribution in [3.05, 3.63) is 29.8 Å². The summed E-state index contributed by atoms with van der Waals surface area (Å²) in [6.45, 7) is 5.78. The van der Waals surface area contributed by atoms with Crippen LogP contribution in [0.2, 0.25) is 0 Å². The summed E-state index contributed by atoms with van der Waals surface area (Å²) in [5.41, 5.74) is 0.418. The van der Waals surface area contributed by atoms with E-state index in [-0.39, 0.29) is 10.8 Å². The molecule has 0 aliphatic carbocycles. The normalized spacial score (nSPS) is 12.9. The summed E-state index contributed by atoms with van der Waals surface area (Å²) in [5.74, 6) is -0.216. The monoisotopic (exact) mass is 327 g/mol. The fraction of sp³-hybridized carbons (Fsp3) is 0.533. The molecule has 0 saturated carbocycles. The molecule has 1 aromatic carbocycles. The second kappa shape index (κ2) is 8.87. The van der Waals surface area contributed by atoms with Crippen LogP contribution >= 0.6 is 0 Å². The van der Waals surface area contributed by atoms with Gasteiger partial charge in [0.1, 0.15) is 0 Å². The lowest BCUT2D eigenvalue weighted by Gasteiger charge is -2.16. The predicted octanol–water partition coefficient (Wildman–Crippen LogP) is 1.23. The minimum atomic E-state index is -3.73. The second-order valence-corrected chi connectivity index (χ2v) is 6.73. The lowest BCUT2D eigenvalue weighted by molar-refractivity contribution is 0.0952. The number of nitrogens with two attached hydrogens (primary N) is 1. The van der Waals surface area contributed by atoms with Crippen LogP contribution in [-0.4, -0.2) is 33.5 Å². The van der Waals surface area contributed by atoms with Gasteiger partial charge in [-0.2, -0.15) is 0 Å². The number of primary sulfonamides is 1. The number of carbonyl (C=O) groups is 1. The van der Waals surface area contributed by atoms with Crippen LogP contribution in [0.3, 0.4) is 0 Å². The summed E-state index contributed by atoms with van der Waals surface area (Å²) in [4.78, 5) is 12.0. The fourth-order valence-corrected chi connectivity index (χ4v) is 2.57. The third kappa shape index (κ3) is 6.13. The zero-order chi connectivity index (χ0) is 16.6. The molecule has 0 heterocycles. The van der Waals surface area contributed by atoms with Crippen molar-refractivity contribution in [2.24, 2.45) is 5.14 Å². The predicted molar refractivity (Wildman–Crippen MR) is 87.1 cm³/mol. The highest BCUT2D eigenvalue weighted by atomic mass is 32.2. The summed E-state index contributed by atoms with van der Waals surface area (Å²) in [6, 6.07) is 5.98. The molecule has 1 rings (SSSR count). The van der Waals surface area contributed by atoms with Gasteiger partial charge >= 0.3 is 0 Å². The van der Waals surface area contributed by atoms with E-state index in [0.29, 0.717) is 18.2 Å². The van der Waals surface area contributed by atoms with Crippen molar-refractivity contribution in [2.45, 2.75) is 44.0 Å². The summed E-state index contributed by atoms with van der Waals surface area (Å²) < 4.78 is 22.3. The fourth-order valence-electron chi connectivity index (χ4n) is 2.06. The van der Waals surface area contributed by atoms with Gasteiger partial charge in [0.25, 0.3) is 5.91 Å². The Morgan fingerprint density at radius 3 is 2.32 bits per heavy atom. The minimum Gasteiger partial charge on any atom is -0.352 e. The Labute approximate surface area is 132 Å². The molecular weight excluding hydrogens is 302 g/mol. The zero-order valence-electron chi connectivity index (χ0n) is 13.1. The quantitative estimate of drug-likeness (QED) is 0.635. The van der Waals surface area contributed by atoms with Crippen molar-refractivity contribution >= 4 is 15.9 Å². The first-order valence-electron chi connectivity index (χ1n) is 7.53. The Morgan fingerprint density at radius 2 is 1.82 bits per heavy atom. The Morgan fingerprint density at radius 1 is 1.18 bits per heavy atom. The number of rotatable bonds is 9. The first kappa shape index (κ1) is 18.6. The van der Waals surface area contributed by atoms with Crippen molar-refractivity contribution in [3.63, 3.8) is 0 Å². The third-order valence-corrected chi connectivity index (χ3v) is 4.33. The van der Waals surface area contributed by atoms with Crippen LogP contribution in [0, 0.1) is 0 Å². The van der Waals surface area contributed by atoms with Crippen LogP contribution in [0.1, 0.15) is 43.5 Å². The van der Waals surface area contributed by atoms with Crippen LogP contribution in [0.15, 0.2) is 29.2 Å². The maximum absolute atomic E-state index is 12.0. The van der Waals surface area contributed by atoms with E-state index in [9.17, 15) is 13.2 Å². The third-order valence-electron chi connectivity index (χ3n) is 3.40. The van der Waals surface area contributed by atoms with Crippen LogP contribution < -0.4 is 15.8 Å². The van der Waals surface area contributed by atoms with Gasteiger partial charge in [-0.1, -0.05) is 13.8 Å². The molecule has 4 N–H and O–H groups in total. The van der Waals surface area contributed by atoms with Gasteiger partial charge in [-0.15, -0.1) is 0 Å². The van der Waals surface area contributed by atoms with E-state index in [4.69, 9.17) is 5.14 Å². The highest BCUT2D eigenvalue weighted by Gasteiger charge is 2.11. The molecule has 0 saturated heterocycles. The molecular formula is C15H25N3O3S. The summed E-state index contributed by atoms with van der Waals surface area (Å²) in [7, 11) is -3.73. The van der Waals surface area contributed by atoms with Crippen LogP contribution in [0.4, 0.5) is 0 Å². The highest BCUT2D eigenvalue weighted by molar-refractivity contribution is 7.89. The molecule has 22 heavy (non-hydrogen) atoms. The first-order valence-corrected chi connectivity index (χ1v) is 9.07. The Kier molecular flexibility index (Phi) is 7.50. The number of hydrogen-bond acceptors (Lipinski definition) is 4. The van der Waals surface area contributed by atoms with Gasteiger partial charge in [-0.05, 0) is 50.1 Å². The van der Waals surface area contributed by atoms with Crippen molar-refractivity contribution in [1.29, 1.82) is 0 Å². The van der Waals surface area contributed by atoms with Crippen molar-refractivity contribution in [3.8, 4) is 0 Å². The number of carbonyl (C=O) groups excluding carboxylic acids is 1. The Hall–Kier alpha value is -1.44. The molecule has 0 spiro atoms. The topological polar surface area (TPSA) is 101 Å². The van der Waals surface area contributed by atoms with Gasteiger partial charge in [-0.25, -0.2) is 13.6 Å². The molecule has 0 radical (unpaired) electrons. The van der Waals surface area contributed by atoms with E-state index in [1.165, 1.54) is 24.3 Å². The molecule has 0 bridgehead atoms. The molecule has 7 heteroatoms. The van der Waals surface area contributed by atoms with Gasteiger partial charge in [0.15, 0.2) is 0 Å². The van der Waals surface area contributed by atoms with Gasteiger partial charge in [0, 0.05) is 18.2 Å². The number of sulfonamides is 1. The summed E-state index contributed by atoms with van der Waals surface area (Å²) >= 11 is 0. The highest BCUT2D eigenvalue weighted by Crippen LogP contribution is 2.08. The number of benzene rings is 1. The molecule has 1 amide bonds. The molecule has 0 aliphatic heterocycles. The first-order chi connectivity index (χ1) is 10.4. The molecule has 1 unspecified atom stereocenters. The van der Waals surface area contributed by atoms with E-state index in [1.807, 2.05) is 0 Å². The van der Waals surface area contributed by atoms with E-state index in [2.05, 4.69) is 24.5 Å². The Bertz CT molecular complexity index is 570. The number of amides is 1. The molecule has 0 aliphatic rings. The van der Waals surface area contributed by atoms with Gasteiger partial charge < -0.3 is 10.6 Å². The summed E-state index contributed by atoms with van der Waals surface area (Å²) in [5, 5.41) is 11.3. The molecule has 0 aromatic heterocycles. The Balaban J connectivity index is 2.48. The van der Waals surface area contributed by atoms with Crippen molar-refractivity contribution in [1.82, 2.24) is 10.6 Å². The van der Waals surface area contributed by atoms with Gasteiger partial charge in [0.2, 0.25) is 10.0 Å². The number of hydrogen-bond donors (Lipinski definition) is 3. The maximum atomic E-state index is 12.0. The standard InChI is InChI=1S/C15H25N3O3S/c1-3-10-17-13(4-2)9-11-18-15(19)12-5-7-14(8-6-12)22(16,20)21/h5-8,13,17H,3-4,9-11H2,1-2H3,(H,18,19)(H2,16,20,21). The van der Waals surface area contributed by atoms with Crippen LogP contribution in [0.25, 0.3) is 0 Å². The van der Waals surface area contributed by atoms with Gasteiger partial charge in [0.05, 0.1) is 4.90 Å². The molecule has 6 nitrogen and oxygen atoms in total. The average Bonchev–Trinajstić information content (AvgIpc) is 2.49. The molecule has 124 valence electrons. The SMILES string of the molecule is CCCNC(CC)CCNC(=O)c1ccc(S(N)(=O)=O)cc1. The second-order valence-electron chi connectivity index (χ2n) is 5.17. The molecule has 1 aromatic rings. The maximum Gasteiger partial charge on any atom is 0.251 e. The number of nitrogens with one attached hydrogen (secondary N) is 2. The largest absolute Gasteiger partial charge is 0.352 e. The smallest absolute Gasteiger partial charge is 0.251 e. The van der Waals surface area contributed by atoms with E-state index in [1.54, 1.807) is 0 Å². The van der Waals surface area contributed by atoms with Crippen molar-refractivity contribution in [2.75, 3.05) is 13.1 Å². The van der Waals surface area contributed by atoms with Crippen LogP contribution in [0.5, 0.6) is 0 Å². The van der Waals surface area contributed by atoms with E-state index < -0.39 is 10.0 Å². The summed E-state index contributed by atoms with van der Waals surface area (Å²) in [6.07, 6.45) is 2.95. The van der Waals surface area contributed by atoms with E-state index in [0.717, 1.165) is 25.8 Å². The van der Waals surface area contributed by atoms with E-state index >= 15 is 0 Å². The lowest BCUT2D eigenvalue weighted by Crippen LogP contribution is -2.34. The minimum absolute atomic E-state index is 0.00105. The van der Waals surface area contributed by atoms with Gasteiger partial charge in [-0.3, -0.25) is 4.79 Å². The lowest BCUT2D eigenvalue weighted by atomic mass is 10.1.